The lowest BCUT2D eigenvalue weighted by Gasteiger charge is -2.09. The number of oxazole rings is 1. The molecule has 1 amide bonds. The molecule has 0 unspecified atom stereocenters. The number of amides is 1. The van der Waals surface area contributed by atoms with Gasteiger partial charge in [-0.05, 0) is 38.1 Å². The topological polar surface area (TPSA) is 104 Å². The number of anilines is 1. The number of hydrogen-bond acceptors (Lipinski definition) is 7. The standard InChI is InChI=1S/C23H23N5O4/c1-14-21(22(29)24-17-10-6-8-12-20(17)31-4)26-27-28(14)13-18-15(2)32-23(25-18)16-9-5-7-11-19(16)30-3/h5-12H,13H2,1-4H3,(H,24,29). The number of methoxy groups -OCH3 is 2. The van der Waals surface area contributed by atoms with E-state index in [1.807, 2.05) is 43.3 Å². The summed E-state index contributed by atoms with van der Waals surface area (Å²) in [6.45, 7) is 3.93. The summed E-state index contributed by atoms with van der Waals surface area (Å²) in [7, 11) is 3.15. The molecular formula is C23H23N5O4. The highest BCUT2D eigenvalue weighted by Crippen LogP contribution is 2.30. The zero-order chi connectivity index (χ0) is 22.7. The van der Waals surface area contributed by atoms with Crippen LogP contribution >= 0.6 is 0 Å². The van der Waals surface area contributed by atoms with E-state index in [0.29, 0.717) is 46.8 Å². The fourth-order valence-electron chi connectivity index (χ4n) is 3.30. The molecule has 0 fully saturated rings. The number of carbonyl (C=O) groups excluding carboxylic acids is 1. The van der Waals surface area contributed by atoms with Gasteiger partial charge in [-0.15, -0.1) is 5.10 Å². The maximum atomic E-state index is 12.8. The van der Waals surface area contributed by atoms with Crippen molar-refractivity contribution >= 4 is 11.6 Å². The second-order valence-electron chi connectivity index (χ2n) is 7.06. The maximum Gasteiger partial charge on any atom is 0.278 e. The molecule has 0 aliphatic heterocycles. The first kappa shape index (κ1) is 21.1. The van der Waals surface area contributed by atoms with Crippen molar-refractivity contribution in [2.75, 3.05) is 19.5 Å². The van der Waals surface area contributed by atoms with E-state index in [0.717, 1.165) is 5.56 Å². The number of aryl methyl sites for hydroxylation is 1. The largest absolute Gasteiger partial charge is 0.496 e. The van der Waals surface area contributed by atoms with Gasteiger partial charge >= 0.3 is 0 Å². The molecule has 0 atom stereocenters. The number of para-hydroxylation sites is 3. The zero-order valence-corrected chi connectivity index (χ0v) is 18.2. The molecule has 9 nitrogen and oxygen atoms in total. The molecule has 4 aromatic rings. The number of hydrogen-bond donors (Lipinski definition) is 1. The number of rotatable bonds is 7. The Labute approximate surface area is 185 Å². The van der Waals surface area contributed by atoms with Crippen LogP contribution in [0.15, 0.2) is 52.9 Å². The molecule has 0 bridgehead atoms. The molecule has 0 saturated heterocycles. The summed E-state index contributed by atoms with van der Waals surface area (Å²) >= 11 is 0. The van der Waals surface area contributed by atoms with Crippen molar-refractivity contribution in [1.29, 1.82) is 0 Å². The van der Waals surface area contributed by atoms with E-state index >= 15 is 0 Å². The average Bonchev–Trinajstić information content (AvgIpc) is 3.36. The van der Waals surface area contributed by atoms with Gasteiger partial charge in [0.1, 0.15) is 23.0 Å². The molecule has 0 aliphatic rings. The summed E-state index contributed by atoms with van der Waals surface area (Å²) in [5.41, 5.74) is 2.84. The monoisotopic (exact) mass is 433 g/mol. The zero-order valence-electron chi connectivity index (χ0n) is 18.2. The van der Waals surface area contributed by atoms with Crippen molar-refractivity contribution < 1.29 is 18.7 Å². The minimum atomic E-state index is -0.371. The molecule has 0 aliphatic carbocycles. The van der Waals surface area contributed by atoms with E-state index in [2.05, 4.69) is 20.6 Å². The lowest BCUT2D eigenvalue weighted by molar-refractivity contribution is 0.102. The Balaban J connectivity index is 1.56. The first-order chi connectivity index (χ1) is 15.5. The van der Waals surface area contributed by atoms with E-state index in [1.54, 1.807) is 38.0 Å². The van der Waals surface area contributed by atoms with E-state index < -0.39 is 0 Å². The number of benzene rings is 2. The number of aromatic nitrogens is 4. The predicted molar refractivity (Wildman–Crippen MR) is 118 cm³/mol. The van der Waals surface area contributed by atoms with Crippen LogP contribution in [0.5, 0.6) is 11.5 Å². The Morgan fingerprint density at radius 3 is 2.47 bits per heavy atom. The molecular weight excluding hydrogens is 410 g/mol. The summed E-state index contributed by atoms with van der Waals surface area (Å²) in [5.74, 6) is 1.98. The molecule has 0 saturated carbocycles. The van der Waals surface area contributed by atoms with Crippen LogP contribution < -0.4 is 14.8 Å². The van der Waals surface area contributed by atoms with Crippen LogP contribution in [-0.2, 0) is 6.54 Å². The summed E-state index contributed by atoms with van der Waals surface area (Å²) in [6.07, 6.45) is 0. The summed E-state index contributed by atoms with van der Waals surface area (Å²) in [4.78, 5) is 17.4. The van der Waals surface area contributed by atoms with Crippen molar-refractivity contribution in [3.05, 3.63) is 71.4 Å². The molecule has 2 heterocycles. The van der Waals surface area contributed by atoms with E-state index in [1.165, 1.54) is 0 Å². The Morgan fingerprint density at radius 2 is 1.72 bits per heavy atom. The fraction of sp³-hybridized carbons (Fsp3) is 0.217. The summed E-state index contributed by atoms with van der Waals surface area (Å²) in [6, 6.07) is 14.7. The second kappa shape index (κ2) is 8.93. The van der Waals surface area contributed by atoms with Gasteiger partial charge in [0, 0.05) is 0 Å². The van der Waals surface area contributed by atoms with E-state index in [9.17, 15) is 4.79 Å². The number of nitrogens with zero attached hydrogens (tertiary/aromatic N) is 4. The van der Waals surface area contributed by atoms with Gasteiger partial charge in [0.2, 0.25) is 5.89 Å². The SMILES string of the molecule is COc1ccccc1NC(=O)c1nnn(Cc2nc(-c3ccccc3OC)oc2C)c1C. The van der Waals surface area contributed by atoms with Gasteiger partial charge in [0.05, 0.1) is 37.7 Å². The van der Waals surface area contributed by atoms with Crippen LogP contribution in [0, 0.1) is 13.8 Å². The molecule has 9 heteroatoms. The minimum Gasteiger partial charge on any atom is -0.496 e. The molecule has 1 N–H and O–H groups in total. The minimum absolute atomic E-state index is 0.224. The second-order valence-corrected chi connectivity index (χ2v) is 7.06. The molecule has 2 aromatic heterocycles. The van der Waals surface area contributed by atoms with Gasteiger partial charge in [0.15, 0.2) is 5.69 Å². The molecule has 164 valence electrons. The molecule has 0 spiro atoms. The maximum absolute atomic E-state index is 12.8. The lowest BCUT2D eigenvalue weighted by atomic mass is 10.2. The summed E-state index contributed by atoms with van der Waals surface area (Å²) < 4.78 is 18.2. The third-order valence-corrected chi connectivity index (χ3v) is 5.08. The molecule has 4 rings (SSSR count). The number of ether oxygens (including phenoxy) is 2. The van der Waals surface area contributed by atoms with Crippen LogP contribution in [0.2, 0.25) is 0 Å². The first-order valence-electron chi connectivity index (χ1n) is 9.96. The normalized spacial score (nSPS) is 10.8. The molecule has 32 heavy (non-hydrogen) atoms. The van der Waals surface area contributed by atoms with Gasteiger partial charge in [0.25, 0.3) is 5.91 Å². The van der Waals surface area contributed by atoms with Crippen molar-refractivity contribution in [2.45, 2.75) is 20.4 Å². The lowest BCUT2D eigenvalue weighted by Crippen LogP contribution is -2.15. The van der Waals surface area contributed by atoms with Gasteiger partial charge in [-0.2, -0.15) is 0 Å². The predicted octanol–water partition coefficient (Wildman–Crippen LogP) is 3.87. The van der Waals surface area contributed by atoms with Gasteiger partial charge in [-0.3, -0.25) is 4.79 Å². The van der Waals surface area contributed by atoms with Crippen LogP contribution in [0.3, 0.4) is 0 Å². The highest BCUT2D eigenvalue weighted by molar-refractivity contribution is 6.04. The van der Waals surface area contributed by atoms with E-state index in [4.69, 9.17) is 13.9 Å². The molecule has 0 radical (unpaired) electrons. The molecule has 2 aromatic carbocycles. The Kier molecular flexibility index (Phi) is 5.89. The number of carbonyl (C=O) groups is 1. The average molecular weight is 433 g/mol. The Morgan fingerprint density at radius 1 is 1.03 bits per heavy atom. The first-order valence-corrected chi connectivity index (χ1v) is 9.96. The fourth-order valence-corrected chi connectivity index (χ4v) is 3.30. The van der Waals surface area contributed by atoms with Crippen molar-refractivity contribution in [3.63, 3.8) is 0 Å². The van der Waals surface area contributed by atoms with Crippen LogP contribution in [0.1, 0.15) is 27.6 Å². The van der Waals surface area contributed by atoms with Crippen LogP contribution in [-0.4, -0.2) is 40.1 Å². The van der Waals surface area contributed by atoms with Gasteiger partial charge in [-0.25, -0.2) is 9.67 Å². The van der Waals surface area contributed by atoms with Crippen molar-refractivity contribution in [2.24, 2.45) is 0 Å². The van der Waals surface area contributed by atoms with Crippen LogP contribution in [0.25, 0.3) is 11.5 Å². The Bertz CT molecular complexity index is 1260. The summed E-state index contributed by atoms with van der Waals surface area (Å²) in [5, 5.41) is 11.0. The third-order valence-electron chi connectivity index (χ3n) is 5.08. The van der Waals surface area contributed by atoms with Gasteiger partial charge in [-0.1, -0.05) is 29.5 Å². The smallest absolute Gasteiger partial charge is 0.278 e. The van der Waals surface area contributed by atoms with Crippen LogP contribution in [0.4, 0.5) is 5.69 Å². The third kappa shape index (κ3) is 4.04. The number of nitrogens with one attached hydrogen (secondary N) is 1. The van der Waals surface area contributed by atoms with Crippen molar-refractivity contribution in [3.8, 4) is 23.0 Å². The highest BCUT2D eigenvalue weighted by atomic mass is 16.5. The van der Waals surface area contributed by atoms with Crippen molar-refractivity contribution in [1.82, 2.24) is 20.0 Å². The van der Waals surface area contributed by atoms with Gasteiger partial charge < -0.3 is 19.2 Å². The van der Waals surface area contributed by atoms with E-state index in [-0.39, 0.29) is 11.6 Å². The highest BCUT2D eigenvalue weighted by Gasteiger charge is 2.20. The quantitative estimate of drug-likeness (QED) is 0.472. The Hall–Kier alpha value is -4.14.